The van der Waals surface area contributed by atoms with Gasteiger partial charge in [0.05, 0.1) is 11.6 Å². The van der Waals surface area contributed by atoms with Gasteiger partial charge in [-0.2, -0.15) is 0 Å². The lowest BCUT2D eigenvalue weighted by Crippen LogP contribution is -2.35. The molecule has 3 nitrogen and oxygen atoms in total. The third-order valence-corrected chi connectivity index (χ3v) is 4.01. The van der Waals surface area contributed by atoms with E-state index in [1.807, 2.05) is 17.5 Å². The van der Waals surface area contributed by atoms with Crippen LogP contribution in [0.25, 0.3) is 0 Å². The van der Waals surface area contributed by atoms with E-state index in [1.54, 1.807) is 36.5 Å². The number of rotatable bonds is 5. The molecule has 20 heavy (non-hydrogen) atoms. The van der Waals surface area contributed by atoms with Crippen LogP contribution in [0.4, 0.5) is 0 Å². The summed E-state index contributed by atoms with van der Waals surface area (Å²) in [6.07, 6.45) is -0.647. The van der Waals surface area contributed by atoms with Crippen LogP contribution in [-0.2, 0) is 11.3 Å². The van der Waals surface area contributed by atoms with Crippen molar-refractivity contribution in [2.45, 2.75) is 19.6 Å². The maximum absolute atomic E-state index is 11.9. The van der Waals surface area contributed by atoms with E-state index in [2.05, 4.69) is 5.32 Å². The predicted octanol–water partition coefficient (Wildman–Crippen LogP) is 4.14. The normalized spacial score (nSPS) is 11.9. The molecule has 0 saturated carbocycles. The van der Waals surface area contributed by atoms with Crippen LogP contribution in [0.2, 0.25) is 10.0 Å². The Kier molecular flexibility index (Phi) is 5.29. The van der Waals surface area contributed by atoms with Crippen molar-refractivity contribution in [2.75, 3.05) is 0 Å². The molecule has 0 aliphatic rings. The molecule has 0 unspecified atom stereocenters. The first-order valence-corrected chi connectivity index (χ1v) is 7.61. The number of nitrogens with one attached hydrogen (secondary N) is 1. The number of carbonyl (C=O) groups excluding carboxylic acids is 1. The predicted molar refractivity (Wildman–Crippen MR) is 82.7 cm³/mol. The van der Waals surface area contributed by atoms with Crippen LogP contribution in [0.1, 0.15) is 11.8 Å². The summed E-state index contributed by atoms with van der Waals surface area (Å²) in [5, 5.41) is 5.71. The first-order chi connectivity index (χ1) is 9.56. The Balaban J connectivity index is 1.92. The van der Waals surface area contributed by atoms with E-state index in [1.165, 1.54) is 0 Å². The molecule has 0 spiro atoms. The molecule has 0 fully saturated rings. The zero-order chi connectivity index (χ0) is 14.5. The Hall–Kier alpha value is -1.23. The molecule has 0 aliphatic carbocycles. The minimum absolute atomic E-state index is 0.200. The highest BCUT2D eigenvalue weighted by Crippen LogP contribution is 2.28. The number of hydrogen-bond donors (Lipinski definition) is 1. The van der Waals surface area contributed by atoms with Gasteiger partial charge in [-0.1, -0.05) is 29.3 Å². The molecule has 2 aromatic rings. The van der Waals surface area contributed by atoms with E-state index in [4.69, 9.17) is 27.9 Å². The quantitative estimate of drug-likeness (QED) is 0.895. The summed E-state index contributed by atoms with van der Waals surface area (Å²) in [6, 6.07) is 8.79. The van der Waals surface area contributed by atoms with Gasteiger partial charge in [-0.05, 0) is 30.5 Å². The highest BCUT2D eigenvalue weighted by Gasteiger charge is 2.16. The number of hydrogen-bond acceptors (Lipinski definition) is 3. The van der Waals surface area contributed by atoms with Crippen molar-refractivity contribution in [1.82, 2.24) is 5.32 Å². The summed E-state index contributed by atoms with van der Waals surface area (Å²) in [5.74, 6) is 0.201. The molecular formula is C14H13Cl2NO2S. The molecule has 0 aliphatic heterocycles. The lowest BCUT2D eigenvalue weighted by Gasteiger charge is -2.15. The summed E-state index contributed by atoms with van der Waals surface area (Å²) >= 11 is 13.5. The average Bonchev–Trinajstić information content (AvgIpc) is 2.93. The fourth-order valence-electron chi connectivity index (χ4n) is 1.54. The minimum atomic E-state index is -0.647. The van der Waals surface area contributed by atoms with Gasteiger partial charge in [0.15, 0.2) is 6.10 Å². The molecule has 2 rings (SSSR count). The summed E-state index contributed by atoms with van der Waals surface area (Å²) in [4.78, 5) is 13.0. The second-order valence-electron chi connectivity index (χ2n) is 4.13. The maximum atomic E-state index is 11.9. The lowest BCUT2D eigenvalue weighted by atomic mass is 10.3. The molecule has 1 N–H and O–H groups in total. The number of halogens is 2. The highest BCUT2D eigenvalue weighted by molar-refractivity contribution is 7.09. The van der Waals surface area contributed by atoms with E-state index < -0.39 is 6.10 Å². The SMILES string of the molecule is C[C@H](Oc1cc(Cl)ccc1Cl)C(=O)NCc1cccs1. The molecule has 1 heterocycles. The number of amides is 1. The zero-order valence-corrected chi connectivity index (χ0v) is 13.1. The zero-order valence-electron chi connectivity index (χ0n) is 10.7. The van der Waals surface area contributed by atoms with Crippen LogP contribution in [-0.4, -0.2) is 12.0 Å². The first-order valence-electron chi connectivity index (χ1n) is 5.98. The Morgan fingerprint density at radius 2 is 2.20 bits per heavy atom. The molecule has 1 aromatic carbocycles. The molecule has 0 bridgehead atoms. The molecule has 0 radical (unpaired) electrons. The monoisotopic (exact) mass is 329 g/mol. The fraction of sp³-hybridized carbons (Fsp3) is 0.214. The third-order valence-electron chi connectivity index (χ3n) is 2.58. The minimum Gasteiger partial charge on any atom is -0.479 e. The van der Waals surface area contributed by atoms with Gasteiger partial charge in [0.25, 0.3) is 5.91 Å². The van der Waals surface area contributed by atoms with Gasteiger partial charge in [0.1, 0.15) is 5.75 Å². The second kappa shape index (κ2) is 6.97. The molecule has 1 aromatic heterocycles. The Labute approximate surface area is 131 Å². The smallest absolute Gasteiger partial charge is 0.261 e. The van der Waals surface area contributed by atoms with E-state index in [-0.39, 0.29) is 5.91 Å². The molecule has 1 amide bonds. The standard InChI is InChI=1S/C14H13Cl2NO2S/c1-9(14(18)17-8-11-3-2-6-20-11)19-13-7-10(15)4-5-12(13)16/h2-7,9H,8H2,1H3,(H,17,18)/t9-/m0/s1. The van der Waals surface area contributed by atoms with Crippen LogP contribution >= 0.6 is 34.5 Å². The molecule has 6 heteroatoms. The van der Waals surface area contributed by atoms with Gasteiger partial charge in [-0.15, -0.1) is 11.3 Å². The average molecular weight is 330 g/mol. The Morgan fingerprint density at radius 3 is 2.90 bits per heavy atom. The van der Waals surface area contributed by atoms with Crippen LogP contribution in [0, 0.1) is 0 Å². The van der Waals surface area contributed by atoms with Gasteiger partial charge in [-0.3, -0.25) is 4.79 Å². The van der Waals surface area contributed by atoms with E-state index >= 15 is 0 Å². The van der Waals surface area contributed by atoms with Crippen molar-refractivity contribution in [3.05, 3.63) is 50.6 Å². The number of ether oxygens (including phenoxy) is 1. The van der Waals surface area contributed by atoms with Gasteiger partial charge in [0.2, 0.25) is 0 Å². The summed E-state index contributed by atoms with van der Waals surface area (Å²) < 4.78 is 5.53. The number of benzene rings is 1. The van der Waals surface area contributed by atoms with Crippen molar-refractivity contribution in [3.8, 4) is 5.75 Å². The van der Waals surface area contributed by atoms with Crippen molar-refractivity contribution < 1.29 is 9.53 Å². The molecule has 0 saturated heterocycles. The first kappa shape index (κ1) is 15.2. The lowest BCUT2D eigenvalue weighted by molar-refractivity contribution is -0.127. The van der Waals surface area contributed by atoms with Crippen molar-refractivity contribution in [1.29, 1.82) is 0 Å². The maximum Gasteiger partial charge on any atom is 0.261 e. The molecule has 1 atom stereocenters. The largest absolute Gasteiger partial charge is 0.479 e. The van der Waals surface area contributed by atoms with Gasteiger partial charge in [0, 0.05) is 16.0 Å². The Bertz CT molecular complexity index is 587. The second-order valence-corrected chi connectivity index (χ2v) is 6.01. The summed E-state index contributed by atoms with van der Waals surface area (Å²) in [6.45, 7) is 2.16. The van der Waals surface area contributed by atoms with Crippen LogP contribution in [0.15, 0.2) is 35.7 Å². The molecule has 106 valence electrons. The number of thiophene rings is 1. The van der Waals surface area contributed by atoms with Crippen LogP contribution in [0.3, 0.4) is 0 Å². The van der Waals surface area contributed by atoms with Crippen molar-refractivity contribution in [3.63, 3.8) is 0 Å². The van der Waals surface area contributed by atoms with E-state index in [0.717, 1.165) is 4.88 Å². The van der Waals surface area contributed by atoms with Crippen LogP contribution in [0.5, 0.6) is 5.75 Å². The summed E-state index contributed by atoms with van der Waals surface area (Å²) in [7, 11) is 0. The highest BCUT2D eigenvalue weighted by atomic mass is 35.5. The fourth-order valence-corrected chi connectivity index (χ4v) is 2.51. The van der Waals surface area contributed by atoms with Gasteiger partial charge < -0.3 is 10.1 Å². The third kappa shape index (κ3) is 4.13. The molecular weight excluding hydrogens is 317 g/mol. The van der Waals surface area contributed by atoms with E-state index in [0.29, 0.717) is 22.3 Å². The topological polar surface area (TPSA) is 38.3 Å². The Morgan fingerprint density at radius 1 is 1.40 bits per heavy atom. The van der Waals surface area contributed by atoms with E-state index in [9.17, 15) is 4.79 Å². The number of carbonyl (C=O) groups is 1. The van der Waals surface area contributed by atoms with Crippen molar-refractivity contribution >= 4 is 40.4 Å². The van der Waals surface area contributed by atoms with Crippen LogP contribution < -0.4 is 10.1 Å². The summed E-state index contributed by atoms with van der Waals surface area (Å²) in [5.41, 5.74) is 0. The van der Waals surface area contributed by atoms with Gasteiger partial charge in [-0.25, -0.2) is 0 Å². The van der Waals surface area contributed by atoms with Crippen molar-refractivity contribution in [2.24, 2.45) is 0 Å². The van der Waals surface area contributed by atoms with Gasteiger partial charge >= 0.3 is 0 Å².